The average molecular weight is 661 g/mol. The summed E-state index contributed by atoms with van der Waals surface area (Å²) in [5, 5.41) is 14.0. The second-order valence-corrected chi connectivity index (χ2v) is 21.7. The summed E-state index contributed by atoms with van der Waals surface area (Å²) in [6.45, 7) is 11.3. The van der Waals surface area contributed by atoms with Gasteiger partial charge in [0.2, 0.25) is 0 Å². The quantitative estimate of drug-likeness (QED) is 0.226. The van der Waals surface area contributed by atoms with Gasteiger partial charge >= 0.3 is 0 Å². The molecule has 8 heteroatoms. The van der Waals surface area contributed by atoms with Crippen molar-refractivity contribution < 1.29 is 27.5 Å². The highest BCUT2D eigenvalue weighted by Gasteiger charge is 2.74. The van der Waals surface area contributed by atoms with Gasteiger partial charge in [0.25, 0.3) is 8.32 Å². The lowest BCUT2D eigenvalue weighted by Crippen LogP contribution is -2.76. The van der Waals surface area contributed by atoms with Crippen LogP contribution in [0, 0.1) is 22.2 Å². The van der Waals surface area contributed by atoms with Gasteiger partial charge in [-0.25, -0.2) is 8.42 Å². The van der Waals surface area contributed by atoms with Gasteiger partial charge in [0, 0.05) is 12.0 Å². The van der Waals surface area contributed by atoms with Crippen molar-refractivity contribution >= 4 is 34.8 Å². The van der Waals surface area contributed by atoms with E-state index in [0.717, 1.165) is 6.29 Å². The molecule has 0 amide bonds. The molecule has 3 aromatic rings. The molecule has 4 aliphatic rings. The lowest BCUT2D eigenvalue weighted by Gasteiger charge is -2.72. The molecular formula is C38H48O6SSi. The van der Waals surface area contributed by atoms with Gasteiger partial charge in [-0.15, -0.1) is 0 Å². The monoisotopic (exact) mass is 660 g/mol. The van der Waals surface area contributed by atoms with E-state index in [1.54, 1.807) is 30.3 Å². The molecule has 2 heterocycles. The summed E-state index contributed by atoms with van der Waals surface area (Å²) >= 11 is 0. The van der Waals surface area contributed by atoms with Gasteiger partial charge in [0.05, 0.1) is 34.4 Å². The van der Waals surface area contributed by atoms with Crippen LogP contribution in [0.3, 0.4) is 0 Å². The maximum atomic E-state index is 13.6. The molecule has 4 fully saturated rings. The zero-order chi connectivity index (χ0) is 33.0. The number of aldehydes is 1. The molecule has 246 valence electrons. The van der Waals surface area contributed by atoms with Crippen LogP contribution in [0.25, 0.3) is 0 Å². The summed E-state index contributed by atoms with van der Waals surface area (Å²) in [7, 11) is -6.46. The van der Waals surface area contributed by atoms with E-state index in [1.807, 2.05) is 12.1 Å². The minimum Gasteiger partial charge on any atom is -0.407 e. The Morgan fingerprint density at radius 3 is 2.00 bits per heavy atom. The Bertz CT molecular complexity index is 1600. The molecule has 2 saturated heterocycles. The number of carbonyl (C=O) groups excluding carboxylic acids is 1. The van der Waals surface area contributed by atoms with Gasteiger partial charge in [-0.05, 0) is 64.6 Å². The predicted octanol–water partition coefficient (Wildman–Crippen LogP) is 5.57. The number of aliphatic hydroxyl groups is 1. The Hall–Kier alpha value is -2.62. The van der Waals surface area contributed by atoms with Crippen molar-refractivity contribution in [3.63, 3.8) is 0 Å². The van der Waals surface area contributed by atoms with Gasteiger partial charge in [-0.2, -0.15) is 0 Å². The van der Waals surface area contributed by atoms with Crippen molar-refractivity contribution in [2.45, 2.75) is 88.5 Å². The molecule has 2 saturated carbocycles. The van der Waals surface area contributed by atoms with Crippen molar-refractivity contribution in [1.82, 2.24) is 0 Å². The van der Waals surface area contributed by atoms with Gasteiger partial charge in [0.1, 0.15) is 6.29 Å². The summed E-state index contributed by atoms with van der Waals surface area (Å²) in [6.07, 6.45) is 1.31. The maximum absolute atomic E-state index is 13.6. The first kappa shape index (κ1) is 33.3. The molecule has 7 rings (SSSR count). The van der Waals surface area contributed by atoms with Crippen LogP contribution < -0.4 is 10.4 Å². The van der Waals surface area contributed by atoms with E-state index in [0.29, 0.717) is 32.3 Å². The van der Waals surface area contributed by atoms with E-state index in [9.17, 15) is 18.3 Å². The summed E-state index contributed by atoms with van der Waals surface area (Å²) in [5.41, 5.74) is -2.05. The zero-order valence-electron chi connectivity index (χ0n) is 27.7. The first-order valence-electron chi connectivity index (χ1n) is 16.6. The largest absolute Gasteiger partial charge is 0.407 e. The van der Waals surface area contributed by atoms with E-state index in [1.165, 1.54) is 10.4 Å². The number of ether oxygens (including phenoxy) is 1. The number of benzene rings is 3. The van der Waals surface area contributed by atoms with E-state index in [2.05, 4.69) is 83.1 Å². The van der Waals surface area contributed by atoms with Crippen LogP contribution in [-0.2, 0) is 23.8 Å². The van der Waals surface area contributed by atoms with Crippen LogP contribution in [0.2, 0.25) is 5.04 Å². The molecule has 6 atom stereocenters. The average Bonchev–Trinajstić information content (AvgIpc) is 3.04. The van der Waals surface area contributed by atoms with E-state index >= 15 is 0 Å². The second-order valence-electron chi connectivity index (χ2n) is 15.4. The minimum absolute atomic E-state index is 0.152. The van der Waals surface area contributed by atoms with Crippen molar-refractivity contribution in [2.24, 2.45) is 22.2 Å². The molecule has 4 bridgehead atoms. The van der Waals surface area contributed by atoms with Gasteiger partial charge in [-0.3, -0.25) is 0 Å². The molecule has 0 radical (unpaired) electrons. The Labute approximate surface area is 275 Å². The fraction of sp³-hybridized carbons (Fsp3) is 0.500. The van der Waals surface area contributed by atoms with Crippen molar-refractivity contribution in [1.29, 1.82) is 0 Å². The number of rotatable bonds is 10. The van der Waals surface area contributed by atoms with E-state index in [4.69, 9.17) is 9.16 Å². The van der Waals surface area contributed by atoms with Gasteiger partial charge < -0.3 is 19.1 Å². The van der Waals surface area contributed by atoms with Crippen molar-refractivity contribution in [3.05, 3.63) is 91.0 Å². The normalized spacial score (nSPS) is 30.6. The highest BCUT2D eigenvalue weighted by molar-refractivity contribution is 7.91. The number of fused-ring (bicyclic) bond motifs is 1. The van der Waals surface area contributed by atoms with Crippen LogP contribution in [-0.4, -0.2) is 58.8 Å². The summed E-state index contributed by atoms with van der Waals surface area (Å²) < 4.78 is 41.2. The molecule has 46 heavy (non-hydrogen) atoms. The molecule has 2 aliphatic carbocycles. The molecule has 0 unspecified atom stereocenters. The first-order chi connectivity index (χ1) is 21.8. The van der Waals surface area contributed by atoms with E-state index < -0.39 is 52.7 Å². The van der Waals surface area contributed by atoms with Crippen LogP contribution in [0.4, 0.5) is 0 Å². The van der Waals surface area contributed by atoms with Crippen molar-refractivity contribution in [2.75, 3.05) is 12.4 Å². The lowest BCUT2D eigenvalue weighted by molar-refractivity contribution is -0.331. The minimum atomic E-state index is -3.62. The molecular weight excluding hydrogens is 613 g/mol. The molecule has 6 nitrogen and oxygen atoms in total. The second kappa shape index (κ2) is 11.8. The zero-order valence-corrected chi connectivity index (χ0v) is 29.5. The molecule has 2 aliphatic heterocycles. The maximum Gasteiger partial charge on any atom is 0.261 e. The van der Waals surface area contributed by atoms with Crippen LogP contribution >= 0.6 is 0 Å². The standard InChI is InChI=1S/C38H48O6SSi/c1-35(2,3)46(29-17-11-7-12-18-29,30-19-13-8-14-20-30)43-24-23-37-25-31-32(26-45(41,42)28-15-9-6-10-16-28)44-34(37)38(27-39,36(31,4)5)22-21-33(37)40/h6-20,27,31-34,40H,21-26H2,1-5H3/t31-,32-,33-,34-,37-,38-/m0/s1. The van der Waals surface area contributed by atoms with Crippen LogP contribution in [0.15, 0.2) is 95.9 Å². The topological polar surface area (TPSA) is 89.9 Å². The fourth-order valence-corrected chi connectivity index (χ4v) is 15.5. The third-order valence-corrected chi connectivity index (χ3v) is 18.8. The van der Waals surface area contributed by atoms with Gasteiger partial charge in [-0.1, -0.05) is 113 Å². The number of hydrogen-bond acceptors (Lipinski definition) is 6. The highest BCUT2D eigenvalue weighted by Crippen LogP contribution is 2.70. The Balaban J connectivity index is 1.36. The molecule has 3 aromatic carbocycles. The number of aliphatic hydroxyl groups excluding tert-OH is 1. The summed E-state index contributed by atoms with van der Waals surface area (Å²) in [4.78, 5) is 13.5. The van der Waals surface area contributed by atoms with Crippen LogP contribution in [0.1, 0.15) is 60.3 Å². The van der Waals surface area contributed by atoms with Crippen LogP contribution in [0.5, 0.6) is 0 Å². The third kappa shape index (κ3) is 4.98. The smallest absolute Gasteiger partial charge is 0.261 e. The predicted molar refractivity (Wildman–Crippen MR) is 183 cm³/mol. The molecule has 0 aromatic heterocycles. The third-order valence-electron chi connectivity index (χ3n) is 12.0. The number of hydrogen-bond donors (Lipinski definition) is 1. The van der Waals surface area contributed by atoms with Gasteiger partial charge in [0.15, 0.2) is 9.84 Å². The first-order valence-corrected chi connectivity index (χ1v) is 20.1. The van der Waals surface area contributed by atoms with Crippen molar-refractivity contribution in [3.8, 4) is 0 Å². The Morgan fingerprint density at radius 2 is 1.48 bits per heavy atom. The number of carbonyl (C=O) groups is 1. The highest BCUT2D eigenvalue weighted by atomic mass is 32.2. The molecule has 1 N–H and O–H groups in total. The Kier molecular flexibility index (Phi) is 8.55. The fourth-order valence-electron chi connectivity index (χ4n) is 9.44. The number of sulfone groups is 1. The Morgan fingerprint density at radius 1 is 0.935 bits per heavy atom. The summed E-state index contributed by atoms with van der Waals surface area (Å²) in [6, 6.07) is 29.5. The lowest BCUT2D eigenvalue weighted by atomic mass is 9.38. The summed E-state index contributed by atoms with van der Waals surface area (Å²) in [5.74, 6) is -0.384. The van der Waals surface area contributed by atoms with E-state index in [-0.39, 0.29) is 21.6 Å². The molecule has 0 spiro atoms. The SMILES string of the molecule is CC1(C)[C@H]2C[C@@]3(CCO[Si](c4ccccc4)(c4ccccc4)C(C)(C)C)[C@@H](O)CC[C@]1(C=O)[C@H]3O[C@H]2CS(=O)(=O)c1ccccc1.